The molecule has 5 nitrogen and oxygen atoms in total. The van der Waals surface area contributed by atoms with Crippen molar-refractivity contribution in [2.24, 2.45) is 0 Å². The molecule has 0 unspecified atom stereocenters. The molecule has 5 heteroatoms. The lowest BCUT2D eigenvalue weighted by Gasteiger charge is -2.08. The van der Waals surface area contributed by atoms with E-state index in [4.69, 9.17) is 10.5 Å². The van der Waals surface area contributed by atoms with E-state index in [2.05, 4.69) is 10.6 Å². The van der Waals surface area contributed by atoms with Gasteiger partial charge in [-0.3, -0.25) is 4.79 Å². The predicted molar refractivity (Wildman–Crippen MR) is 67.9 cm³/mol. The summed E-state index contributed by atoms with van der Waals surface area (Å²) in [5.41, 5.74) is 6.71. The molecule has 0 aliphatic rings. The van der Waals surface area contributed by atoms with Crippen molar-refractivity contribution in [3.05, 3.63) is 29.8 Å². The average Bonchev–Trinajstić information content (AvgIpc) is 2.34. The Kier molecular flexibility index (Phi) is 6.06. The molecular formula is C12H19N3O2. The zero-order chi connectivity index (χ0) is 12.5. The third-order valence-corrected chi connectivity index (χ3v) is 2.28. The number of hydrogen-bond donors (Lipinski definition) is 3. The SMILES string of the molecule is COCCNCCNC(=O)c1ccccc1N. The van der Waals surface area contributed by atoms with Crippen LogP contribution in [0.15, 0.2) is 24.3 Å². The standard InChI is InChI=1S/C12H19N3O2/c1-17-9-8-14-6-7-15-12(16)10-4-2-3-5-11(10)13/h2-5,14H,6-9,13H2,1H3,(H,15,16). The van der Waals surface area contributed by atoms with Crippen LogP contribution in [0.25, 0.3) is 0 Å². The number of para-hydroxylation sites is 1. The molecule has 0 saturated carbocycles. The number of carbonyl (C=O) groups is 1. The maximum atomic E-state index is 11.7. The normalized spacial score (nSPS) is 10.2. The summed E-state index contributed by atoms with van der Waals surface area (Å²) in [6, 6.07) is 7.02. The van der Waals surface area contributed by atoms with Gasteiger partial charge in [0, 0.05) is 32.4 Å². The van der Waals surface area contributed by atoms with Crippen LogP contribution in [0, 0.1) is 0 Å². The van der Waals surface area contributed by atoms with E-state index in [9.17, 15) is 4.79 Å². The monoisotopic (exact) mass is 237 g/mol. The number of nitrogen functional groups attached to an aromatic ring is 1. The second-order valence-corrected chi connectivity index (χ2v) is 3.59. The van der Waals surface area contributed by atoms with E-state index in [0.29, 0.717) is 30.9 Å². The minimum atomic E-state index is -0.142. The lowest BCUT2D eigenvalue weighted by molar-refractivity contribution is 0.0954. The van der Waals surface area contributed by atoms with Crippen molar-refractivity contribution < 1.29 is 9.53 Å². The van der Waals surface area contributed by atoms with Gasteiger partial charge in [-0.05, 0) is 12.1 Å². The van der Waals surface area contributed by atoms with Gasteiger partial charge in [-0.15, -0.1) is 0 Å². The Morgan fingerprint density at radius 3 is 2.76 bits per heavy atom. The first-order chi connectivity index (χ1) is 8.25. The van der Waals surface area contributed by atoms with Crippen molar-refractivity contribution >= 4 is 11.6 Å². The van der Waals surface area contributed by atoms with Crippen molar-refractivity contribution in [3.63, 3.8) is 0 Å². The van der Waals surface area contributed by atoms with Crippen LogP contribution in [0.3, 0.4) is 0 Å². The Balaban J connectivity index is 2.24. The maximum Gasteiger partial charge on any atom is 0.253 e. The van der Waals surface area contributed by atoms with E-state index in [1.807, 2.05) is 0 Å². The Bertz CT molecular complexity index is 355. The highest BCUT2D eigenvalue weighted by Crippen LogP contribution is 2.09. The smallest absolute Gasteiger partial charge is 0.253 e. The topological polar surface area (TPSA) is 76.4 Å². The largest absolute Gasteiger partial charge is 0.398 e. The molecule has 1 amide bonds. The highest BCUT2D eigenvalue weighted by atomic mass is 16.5. The van der Waals surface area contributed by atoms with Gasteiger partial charge < -0.3 is 21.1 Å². The molecule has 0 radical (unpaired) electrons. The molecule has 0 heterocycles. The van der Waals surface area contributed by atoms with Crippen LogP contribution in [0.4, 0.5) is 5.69 Å². The summed E-state index contributed by atoms with van der Waals surface area (Å²) < 4.78 is 4.89. The van der Waals surface area contributed by atoms with E-state index in [0.717, 1.165) is 6.54 Å². The van der Waals surface area contributed by atoms with Gasteiger partial charge in [-0.2, -0.15) is 0 Å². The third-order valence-electron chi connectivity index (χ3n) is 2.28. The fourth-order valence-electron chi connectivity index (χ4n) is 1.36. The molecule has 0 fully saturated rings. The molecule has 0 aromatic heterocycles. The van der Waals surface area contributed by atoms with Gasteiger partial charge in [0.15, 0.2) is 0 Å². The van der Waals surface area contributed by atoms with Crippen LogP contribution in [0.5, 0.6) is 0 Å². The first-order valence-electron chi connectivity index (χ1n) is 5.58. The molecule has 94 valence electrons. The van der Waals surface area contributed by atoms with E-state index in [1.54, 1.807) is 31.4 Å². The maximum absolute atomic E-state index is 11.7. The van der Waals surface area contributed by atoms with Crippen LogP contribution < -0.4 is 16.4 Å². The summed E-state index contributed by atoms with van der Waals surface area (Å²) >= 11 is 0. The number of methoxy groups -OCH3 is 1. The molecule has 1 aromatic rings. The molecule has 0 spiro atoms. The molecule has 1 rings (SSSR count). The predicted octanol–water partition coefficient (Wildman–Crippen LogP) is 0.235. The second kappa shape index (κ2) is 7.65. The Morgan fingerprint density at radius 1 is 1.29 bits per heavy atom. The van der Waals surface area contributed by atoms with Crippen molar-refractivity contribution in [1.82, 2.24) is 10.6 Å². The summed E-state index contributed by atoms with van der Waals surface area (Å²) in [4.78, 5) is 11.7. The Morgan fingerprint density at radius 2 is 2.06 bits per heavy atom. The van der Waals surface area contributed by atoms with Crippen LogP contribution >= 0.6 is 0 Å². The lowest BCUT2D eigenvalue weighted by Crippen LogP contribution is -2.33. The number of nitrogens with one attached hydrogen (secondary N) is 2. The molecule has 1 aromatic carbocycles. The first kappa shape index (κ1) is 13.5. The van der Waals surface area contributed by atoms with E-state index < -0.39 is 0 Å². The average molecular weight is 237 g/mol. The quantitative estimate of drug-likeness (QED) is 0.469. The molecule has 17 heavy (non-hydrogen) atoms. The zero-order valence-corrected chi connectivity index (χ0v) is 10.0. The van der Waals surface area contributed by atoms with Crippen LogP contribution in [0.2, 0.25) is 0 Å². The van der Waals surface area contributed by atoms with Crippen molar-refractivity contribution in [2.75, 3.05) is 39.1 Å². The number of rotatable bonds is 7. The summed E-state index contributed by atoms with van der Waals surface area (Å²) in [6.45, 7) is 2.72. The Labute approximate surface area is 101 Å². The van der Waals surface area contributed by atoms with Crippen LogP contribution in [-0.4, -0.2) is 39.3 Å². The lowest BCUT2D eigenvalue weighted by atomic mass is 10.2. The van der Waals surface area contributed by atoms with Gasteiger partial charge in [0.05, 0.1) is 12.2 Å². The highest BCUT2D eigenvalue weighted by molar-refractivity contribution is 5.99. The minimum absolute atomic E-state index is 0.142. The van der Waals surface area contributed by atoms with E-state index in [-0.39, 0.29) is 5.91 Å². The molecule has 0 aliphatic carbocycles. The molecule has 0 aliphatic heterocycles. The van der Waals surface area contributed by atoms with Gasteiger partial charge >= 0.3 is 0 Å². The highest BCUT2D eigenvalue weighted by Gasteiger charge is 2.06. The van der Waals surface area contributed by atoms with E-state index >= 15 is 0 Å². The van der Waals surface area contributed by atoms with E-state index in [1.165, 1.54) is 0 Å². The molecule has 0 bridgehead atoms. The molecule has 0 saturated heterocycles. The molecular weight excluding hydrogens is 218 g/mol. The van der Waals surface area contributed by atoms with Crippen LogP contribution in [-0.2, 0) is 4.74 Å². The molecule has 4 N–H and O–H groups in total. The van der Waals surface area contributed by atoms with Gasteiger partial charge in [0.1, 0.15) is 0 Å². The summed E-state index contributed by atoms with van der Waals surface area (Å²) in [5.74, 6) is -0.142. The Hall–Kier alpha value is -1.59. The summed E-state index contributed by atoms with van der Waals surface area (Å²) in [5, 5.41) is 5.93. The third kappa shape index (κ3) is 4.84. The number of nitrogens with two attached hydrogens (primary N) is 1. The van der Waals surface area contributed by atoms with Crippen molar-refractivity contribution in [3.8, 4) is 0 Å². The number of amides is 1. The molecule has 0 atom stereocenters. The van der Waals surface area contributed by atoms with Crippen LogP contribution in [0.1, 0.15) is 10.4 Å². The summed E-state index contributed by atoms with van der Waals surface area (Å²) in [7, 11) is 1.65. The number of ether oxygens (including phenoxy) is 1. The van der Waals surface area contributed by atoms with Crippen molar-refractivity contribution in [2.45, 2.75) is 0 Å². The number of carbonyl (C=O) groups excluding carboxylic acids is 1. The van der Waals surface area contributed by atoms with Gasteiger partial charge in [0.25, 0.3) is 5.91 Å². The first-order valence-corrected chi connectivity index (χ1v) is 5.58. The second-order valence-electron chi connectivity index (χ2n) is 3.59. The minimum Gasteiger partial charge on any atom is -0.398 e. The zero-order valence-electron chi connectivity index (χ0n) is 10.0. The summed E-state index contributed by atoms with van der Waals surface area (Å²) in [6.07, 6.45) is 0. The fourth-order valence-corrected chi connectivity index (χ4v) is 1.36. The van der Waals surface area contributed by atoms with Gasteiger partial charge in [-0.1, -0.05) is 12.1 Å². The fraction of sp³-hybridized carbons (Fsp3) is 0.417. The van der Waals surface area contributed by atoms with Crippen molar-refractivity contribution in [1.29, 1.82) is 0 Å². The van der Waals surface area contributed by atoms with Gasteiger partial charge in [-0.25, -0.2) is 0 Å². The number of anilines is 1. The van der Waals surface area contributed by atoms with Gasteiger partial charge in [0.2, 0.25) is 0 Å². The number of benzene rings is 1. The number of hydrogen-bond acceptors (Lipinski definition) is 4.